The van der Waals surface area contributed by atoms with Gasteiger partial charge >= 0.3 is 0 Å². The molecule has 3 rings (SSSR count). The number of hydrogen-bond donors (Lipinski definition) is 1. The van der Waals surface area contributed by atoms with Crippen LogP contribution in [0.25, 0.3) is 0 Å². The van der Waals surface area contributed by atoms with E-state index in [1.165, 1.54) is 0 Å². The van der Waals surface area contributed by atoms with Gasteiger partial charge in [-0.2, -0.15) is 11.3 Å². The van der Waals surface area contributed by atoms with Gasteiger partial charge in [0.2, 0.25) is 5.91 Å². The molecule has 98 valence electrons. The van der Waals surface area contributed by atoms with Crippen LogP contribution in [-0.4, -0.2) is 12.5 Å². The first kappa shape index (κ1) is 12.2. The van der Waals surface area contributed by atoms with E-state index in [9.17, 15) is 4.79 Å². The second kappa shape index (κ2) is 5.45. The van der Waals surface area contributed by atoms with E-state index in [-0.39, 0.29) is 11.9 Å². The van der Waals surface area contributed by atoms with Crippen molar-refractivity contribution in [2.24, 2.45) is 0 Å². The molecule has 0 bridgehead atoms. The molecule has 3 nitrogen and oxygen atoms in total. The molecule has 1 amide bonds. The number of thiophene rings is 1. The molecule has 1 aromatic carbocycles. The van der Waals surface area contributed by atoms with Gasteiger partial charge in [-0.25, -0.2) is 0 Å². The number of nitrogens with one attached hydrogen (secondary N) is 1. The van der Waals surface area contributed by atoms with Crippen molar-refractivity contribution in [1.82, 2.24) is 5.32 Å². The van der Waals surface area contributed by atoms with Gasteiger partial charge in [0.15, 0.2) is 0 Å². The molecule has 1 N–H and O–H groups in total. The first-order chi connectivity index (χ1) is 9.33. The third kappa shape index (κ3) is 2.79. The molecule has 2 aromatic rings. The first-order valence-electron chi connectivity index (χ1n) is 6.35. The molecule has 1 aromatic heterocycles. The SMILES string of the molecule is O=C(Cc1ccsc1)NC1CCOc2ccccc21. The van der Waals surface area contributed by atoms with Crippen LogP contribution in [0.2, 0.25) is 0 Å². The van der Waals surface area contributed by atoms with Crippen molar-refractivity contribution < 1.29 is 9.53 Å². The fourth-order valence-corrected chi connectivity index (χ4v) is 2.98. The predicted octanol–water partition coefficient (Wildman–Crippen LogP) is 2.93. The zero-order valence-electron chi connectivity index (χ0n) is 10.5. The van der Waals surface area contributed by atoms with Gasteiger partial charge in [-0.15, -0.1) is 0 Å². The van der Waals surface area contributed by atoms with Crippen molar-refractivity contribution in [3.05, 3.63) is 52.2 Å². The Morgan fingerprint density at radius 2 is 2.26 bits per heavy atom. The molecule has 0 saturated heterocycles. The highest BCUT2D eigenvalue weighted by Gasteiger charge is 2.22. The molecule has 0 spiro atoms. The number of carbonyl (C=O) groups excluding carboxylic acids is 1. The van der Waals surface area contributed by atoms with Crippen molar-refractivity contribution in [1.29, 1.82) is 0 Å². The van der Waals surface area contributed by atoms with E-state index in [2.05, 4.69) is 5.32 Å². The summed E-state index contributed by atoms with van der Waals surface area (Å²) in [5, 5.41) is 7.10. The number of ether oxygens (including phenoxy) is 1. The summed E-state index contributed by atoms with van der Waals surface area (Å²) in [6.07, 6.45) is 1.27. The molecule has 4 heteroatoms. The normalized spacial score (nSPS) is 17.4. The first-order valence-corrected chi connectivity index (χ1v) is 7.29. The van der Waals surface area contributed by atoms with Gasteiger partial charge < -0.3 is 10.1 Å². The van der Waals surface area contributed by atoms with Crippen LogP contribution in [0.5, 0.6) is 5.75 Å². The minimum atomic E-state index is 0.0658. The molecule has 0 aliphatic carbocycles. The van der Waals surface area contributed by atoms with E-state index < -0.39 is 0 Å². The average Bonchev–Trinajstić information content (AvgIpc) is 2.92. The number of benzene rings is 1. The van der Waals surface area contributed by atoms with Crippen LogP contribution in [0.4, 0.5) is 0 Å². The van der Waals surface area contributed by atoms with Crippen LogP contribution in [0.1, 0.15) is 23.6 Å². The van der Waals surface area contributed by atoms with Crippen molar-refractivity contribution in [3.8, 4) is 5.75 Å². The third-order valence-electron chi connectivity index (χ3n) is 3.24. The highest BCUT2D eigenvalue weighted by atomic mass is 32.1. The van der Waals surface area contributed by atoms with Gasteiger partial charge in [0.05, 0.1) is 19.1 Å². The Morgan fingerprint density at radius 3 is 3.11 bits per heavy atom. The van der Waals surface area contributed by atoms with Gasteiger partial charge in [-0.05, 0) is 28.5 Å². The molecule has 19 heavy (non-hydrogen) atoms. The Kier molecular flexibility index (Phi) is 3.51. The Morgan fingerprint density at radius 1 is 1.37 bits per heavy atom. The molecular weight excluding hydrogens is 258 g/mol. The zero-order chi connectivity index (χ0) is 13.1. The van der Waals surface area contributed by atoms with Crippen LogP contribution in [0, 0.1) is 0 Å². The van der Waals surface area contributed by atoms with Gasteiger partial charge in [-0.1, -0.05) is 18.2 Å². The molecule has 2 heterocycles. The number of para-hydroxylation sites is 1. The number of hydrogen-bond acceptors (Lipinski definition) is 3. The summed E-state index contributed by atoms with van der Waals surface area (Å²) in [6.45, 7) is 0.653. The van der Waals surface area contributed by atoms with Crippen LogP contribution in [0.3, 0.4) is 0 Å². The zero-order valence-corrected chi connectivity index (χ0v) is 11.3. The maximum Gasteiger partial charge on any atom is 0.224 e. The molecule has 1 aliphatic rings. The molecule has 0 saturated carbocycles. The third-order valence-corrected chi connectivity index (χ3v) is 3.97. The Labute approximate surface area is 116 Å². The molecule has 1 aliphatic heterocycles. The lowest BCUT2D eigenvalue weighted by atomic mass is 10.0. The summed E-state index contributed by atoms with van der Waals surface area (Å²) in [5.74, 6) is 0.953. The van der Waals surface area contributed by atoms with E-state index in [0.717, 1.165) is 23.3 Å². The minimum Gasteiger partial charge on any atom is -0.493 e. The van der Waals surface area contributed by atoms with Crippen molar-refractivity contribution >= 4 is 17.2 Å². The molecule has 1 unspecified atom stereocenters. The number of amides is 1. The maximum absolute atomic E-state index is 12.0. The fraction of sp³-hybridized carbons (Fsp3) is 0.267. The van der Waals surface area contributed by atoms with Crippen LogP contribution in [0.15, 0.2) is 41.1 Å². The van der Waals surface area contributed by atoms with Crippen LogP contribution >= 0.6 is 11.3 Å². The van der Waals surface area contributed by atoms with Crippen molar-refractivity contribution in [2.75, 3.05) is 6.61 Å². The van der Waals surface area contributed by atoms with E-state index in [1.54, 1.807) is 11.3 Å². The van der Waals surface area contributed by atoms with Crippen LogP contribution < -0.4 is 10.1 Å². The average molecular weight is 273 g/mol. The second-order valence-corrected chi connectivity index (χ2v) is 5.38. The molecule has 1 atom stereocenters. The molecule has 0 radical (unpaired) electrons. The summed E-state index contributed by atoms with van der Waals surface area (Å²) >= 11 is 1.62. The van der Waals surface area contributed by atoms with E-state index in [1.807, 2.05) is 41.1 Å². The Bertz CT molecular complexity index is 565. The monoisotopic (exact) mass is 273 g/mol. The van der Waals surface area contributed by atoms with Gasteiger partial charge in [0.25, 0.3) is 0 Å². The standard InChI is InChI=1S/C15H15NO2S/c17-15(9-11-6-8-19-10-11)16-13-5-7-18-14-4-2-1-3-12(13)14/h1-4,6,8,10,13H,5,7,9H2,(H,16,17). The van der Waals surface area contributed by atoms with E-state index in [0.29, 0.717) is 13.0 Å². The van der Waals surface area contributed by atoms with Gasteiger partial charge in [0.1, 0.15) is 5.75 Å². The summed E-state index contributed by atoms with van der Waals surface area (Å²) in [4.78, 5) is 12.0. The summed E-state index contributed by atoms with van der Waals surface area (Å²) in [7, 11) is 0. The Hall–Kier alpha value is -1.81. The van der Waals surface area contributed by atoms with Gasteiger partial charge in [-0.3, -0.25) is 4.79 Å². The molecular formula is C15H15NO2S. The number of rotatable bonds is 3. The lowest BCUT2D eigenvalue weighted by Crippen LogP contribution is -2.33. The van der Waals surface area contributed by atoms with Crippen molar-refractivity contribution in [3.63, 3.8) is 0 Å². The lowest BCUT2D eigenvalue weighted by Gasteiger charge is -2.26. The number of carbonyl (C=O) groups is 1. The quantitative estimate of drug-likeness (QED) is 0.933. The highest BCUT2D eigenvalue weighted by Crippen LogP contribution is 2.31. The highest BCUT2D eigenvalue weighted by molar-refractivity contribution is 7.07. The summed E-state index contributed by atoms with van der Waals surface area (Å²) in [6, 6.07) is 9.95. The topological polar surface area (TPSA) is 38.3 Å². The fourth-order valence-electron chi connectivity index (χ4n) is 2.32. The van der Waals surface area contributed by atoms with Gasteiger partial charge in [0, 0.05) is 12.0 Å². The predicted molar refractivity (Wildman–Crippen MR) is 75.5 cm³/mol. The smallest absolute Gasteiger partial charge is 0.224 e. The largest absolute Gasteiger partial charge is 0.493 e. The molecule has 0 fully saturated rings. The maximum atomic E-state index is 12.0. The summed E-state index contributed by atoms with van der Waals surface area (Å²) < 4.78 is 5.59. The number of fused-ring (bicyclic) bond motifs is 1. The summed E-state index contributed by atoms with van der Waals surface area (Å²) in [5.41, 5.74) is 2.15. The van der Waals surface area contributed by atoms with E-state index >= 15 is 0 Å². The Balaban J connectivity index is 1.69. The lowest BCUT2D eigenvalue weighted by molar-refractivity contribution is -0.121. The van der Waals surface area contributed by atoms with Crippen LogP contribution in [-0.2, 0) is 11.2 Å². The minimum absolute atomic E-state index is 0.0658. The van der Waals surface area contributed by atoms with Crippen molar-refractivity contribution in [2.45, 2.75) is 18.9 Å². The van der Waals surface area contributed by atoms with E-state index in [4.69, 9.17) is 4.74 Å². The second-order valence-electron chi connectivity index (χ2n) is 4.60.